The van der Waals surface area contributed by atoms with Gasteiger partial charge in [0.1, 0.15) is 17.2 Å². The first-order valence-corrected chi connectivity index (χ1v) is 11.6. The van der Waals surface area contributed by atoms with E-state index in [-0.39, 0.29) is 24.1 Å². The fraction of sp³-hybridized carbons (Fsp3) is 0.417. The summed E-state index contributed by atoms with van der Waals surface area (Å²) in [5.74, 6) is 1.44. The quantitative estimate of drug-likeness (QED) is 0.454. The Morgan fingerprint density at radius 1 is 1.24 bits per heavy atom. The van der Waals surface area contributed by atoms with Gasteiger partial charge in [0.05, 0.1) is 36.7 Å². The average molecular weight is 462 g/mol. The molecule has 4 aliphatic rings. The van der Waals surface area contributed by atoms with Gasteiger partial charge in [-0.05, 0) is 31.4 Å². The number of hydrogen-bond donors (Lipinski definition) is 2. The maximum Gasteiger partial charge on any atom is 0.257 e. The second-order valence-electron chi connectivity index (χ2n) is 8.84. The summed E-state index contributed by atoms with van der Waals surface area (Å²) in [6, 6.07) is 6.31. The lowest BCUT2D eigenvalue weighted by molar-refractivity contribution is 0.00732. The number of anilines is 1. The smallest absolute Gasteiger partial charge is 0.257 e. The average Bonchev–Trinajstić information content (AvgIpc) is 3.60. The van der Waals surface area contributed by atoms with Crippen molar-refractivity contribution in [1.82, 2.24) is 29.5 Å². The first kappa shape index (κ1) is 21.1. The summed E-state index contributed by atoms with van der Waals surface area (Å²) < 4.78 is 14.8. The zero-order valence-corrected chi connectivity index (χ0v) is 19.2. The van der Waals surface area contributed by atoms with E-state index < -0.39 is 0 Å². The Bertz CT molecular complexity index is 1320. The number of amides is 1. The molecule has 0 bridgehead atoms. The Morgan fingerprint density at radius 2 is 2.15 bits per heavy atom. The molecule has 0 radical (unpaired) electrons. The fourth-order valence-corrected chi connectivity index (χ4v) is 4.90. The predicted octanol–water partition coefficient (Wildman–Crippen LogP) is 2.61. The maximum atomic E-state index is 13.1. The minimum absolute atomic E-state index is 0.0117. The van der Waals surface area contributed by atoms with Crippen molar-refractivity contribution in [1.29, 1.82) is 0 Å². The van der Waals surface area contributed by atoms with E-state index in [0.29, 0.717) is 17.8 Å². The van der Waals surface area contributed by atoms with Gasteiger partial charge in [-0.25, -0.2) is 9.97 Å². The standard InChI is InChI=1S/C24H27N7O3/c1-25-21-10-19(16-11-26-22-15(16)4-3-8-30(22)14-7-9-34-13-14)28-23-17(12-27-31(21)23)24(32)29-18-5-6-20(18)33-2/h3-4,8,10-12,14,18,20,25H,5-7,9,13H2,1-2H3,(H,29,32)/t14?,18?,20-/m0/s1. The number of fused-ring (bicyclic) bond motifs is 2. The summed E-state index contributed by atoms with van der Waals surface area (Å²) in [6.07, 6.45) is 8.36. The number of nitrogens with one attached hydrogen (secondary N) is 2. The van der Waals surface area contributed by atoms with E-state index in [1.165, 1.54) is 0 Å². The van der Waals surface area contributed by atoms with Gasteiger partial charge in [-0.1, -0.05) is 0 Å². The van der Waals surface area contributed by atoms with Crippen LogP contribution in [0.15, 0.2) is 36.8 Å². The lowest BCUT2D eigenvalue weighted by Crippen LogP contribution is -2.51. The van der Waals surface area contributed by atoms with Crippen molar-refractivity contribution in [3.05, 3.63) is 42.4 Å². The van der Waals surface area contributed by atoms with Crippen molar-refractivity contribution >= 4 is 17.4 Å². The highest BCUT2D eigenvalue weighted by Crippen LogP contribution is 2.36. The Hall–Kier alpha value is -3.50. The maximum absolute atomic E-state index is 13.1. The van der Waals surface area contributed by atoms with Crippen LogP contribution >= 0.6 is 0 Å². The first-order chi connectivity index (χ1) is 16.7. The number of nitrogens with zero attached hydrogens (tertiary/aromatic N) is 5. The molecule has 2 aromatic heterocycles. The molecule has 1 aliphatic carbocycles. The summed E-state index contributed by atoms with van der Waals surface area (Å²) >= 11 is 0. The molecule has 6 rings (SSSR count). The van der Waals surface area contributed by atoms with Gasteiger partial charge in [0.15, 0.2) is 5.65 Å². The Morgan fingerprint density at radius 3 is 2.88 bits per heavy atom. The van der Waals surface area contributed by atoms with Crippen LogP contribution in [0.25, 0.3) is 28.3 Å². The van der Waals surface area contributed by atoms with Gasteiger partial charge in [-0.3, -0.25) is 4.79 Å². The molecule has 34 heavy (non-hydrogen) atoms. The van der Waals surface area contributed by atoms with Gasteiger partial charge in [-0.15, -0.1) is 0 Å². The molecule has 10 heteroatoms. The van der Waals surface area contributed by atoms with Crippen LogP contribution in [0.3, 0.4) is 0 Å². The number of ether oxygens (including phenoxy) is 2. The van der Waals surface area contributed by atoms with Crippen molar-refractivity contribution in [3.8, 4) is 22.6 Å². The summed E-state index contributed by atoms with van der Waals surface area (Å²) in [5, 5.41) is 10.7. The minimum Gasteiger partial charge on any atom is -0.379 e. The molecule has 1 saturated heterocycles. The Kier molecular flexibility index (Phi) is 5.19. The number of rotatable bonds is 6. The molecule has 1 amide bonds. The van der Waals surface area contributed by atoms with Crippen LogP contribution in [0, 0.1) is 0 Å². The second-order valence-corrected chi connectivity index (χ2v) is 8.84. The molecule has 5 heterocycles. The van der Waals surface area contributed by atoms with Crippen LogP contribution in [0.5, 0.6) is 0 Å². The topological polar surface area (TPSA) is 108 Å². The van der Waals surface area contributed by atoms with E-state index in [0.717, 1.165) is 54.3 Å². The number of aromatic nitrogens is 5. The van der Waals surface area contributed by atoms with Crippen molar-refractivity contribution < 1.29 is 14.3 Å². The van der Waals surface area contributed by atoms with Gasteiger partial charge in [0, 0.05) is 50.4 Å². The molecule has 0 aromatic carbocycles. The van der Waals surface area contributed by atoms with Crippen LogP contribution < -0.4 is 10.6 Å². The zero-order valence-electron chi connectivity index (χ0n) is 19.2. The third-order valence-electron chi connectivity index (χ3n) is 6.98. The Balaban J connectivity index is 1.39. The van der Waals surface area contributed by atoms with E-state index in [1.54, 1.807) is 17.8 Å². The van der Waals surface area contributed by atoms with Crippen LogP contribution in [0.2, 0.25) is 0 Å². The third-order valence-corrected chi connectivity index (χ3v) is 6.98. The molecular formula is C24H27N7O3. The molecular weight excluding hydrogens is 434 g/mol. The lowest BCUT2D eigenvalue weighted by Gasteiger charge is -2.35. The number of pyridine rings is 1. The molecule has 3 aliphatic heterocycles. The van der Waals surface area contributed by atoms with Crippen LogP contribution in [-0.4, -0.2) is 69.6 Å². The molecule has 0 spiro atoms. The summed E-state index contributed by atoms with van der Waals surface area (Å²) in [4.78, 5) is 22.7. The van der Waals surface area contributed by atoms with Crippen molar-refractivity contribution in [2.45, 2.75) is 37.5 Å². The SMILES string of the molecule is CNc1cc(-c2cnc3n(C4CCOC4)cccc2-3)nc2c(C(=O)NC3CC[C@@H]3OC)cnn12. The van der Waals surface area contributed by atoms with E-state index >= 15 is 0 Å². The van der Waals surface area contributed by atoms with Gasteiger partial charge in [0.25, 0.3) is 5.91 Å². The van der Waals surface area contributed by atoms with Gasteiger partial charge >= 0.3 is 0 Å². The Labute approximate surface area is 196 Å². The van der Waals surface area contributed by atoms with E-state index in [1.807, 2.05) is 25.4 Å². The van der Waals surface area contributed by atoms with Gasteiger partial charge in [-0.2, -0.15) is 9.61 Å². The largest absolute Gasteiger partial charge is 0.379 e. The summed E-state index contributed by atoms with van der Waals surface area (Å²) in [7, 11) is 3.50. The monoisotopic (exact) mass is 461 g/mol. The summed E-state index contributed by atoms with van der Waals surface area (Å²) in [6.45, 7) is 1.46. The van der Waals surface area contributed by atoms with Crippen LogP contribution in [0.4, 0.5) is 5.82 Å². The molecule has 176 valence electrons. The highest BCUT2D eigenvalue weighted by molar-refractivity contribution is 6.00. The highest BCUT2D eigenvalue weighted by Gasteiger charge is 2.33. The molecule has 3 atom stereocenters. The molecule has 2 N–H and O–H groups in total. The number of carbonyl (C=O) groups excluding carboxylic acids is 1. The molecule has 1 saturated carbocycles. The highest BCUT2D eigenvalue weighted by atomic mass is 16.5. The zero-order chi connectivity index (χ0) is 23.2. The number of hydrogen-bond acceptors (Lipinski definition) is 7. The van der Waals surface area contributed by atoms with Crippen LogP contribution in [-0.2, 0) is 9.47 Å². The summed E-state index contributed by atoms with van der Waals surface area (Å²) in [5.41, 5.74) is 3.58. The van der Waals surface area contributed by atoms with Crippen molar-refractivity contribution in [2.24, 2.45) is 0 Å². The number of carbonyl (C=O) groups is 1. The fourth-order valence-electron chi connectivity index (χ4n) is 4.90. The lowest BCUT2D eigenvalue weighted by atomic mass is 9.89. The third kappa shape index (κ3) is 3.33. The van der Waals surface area contributed by atoms with Crippen molar-refractivity contribution in [3.63, 3.8) is 0 Å². The van der Waals surface area contributed by atoms with E-state index in [9.17, 15) is 4.79 Å². The van der Waals surface area contributed by atoms with Gasteiger partial charge < -0.3 is 24.7 Å². The molecule has 2 fully saturated rings. The molecule has 2 unspecified atom stereocenters. The first-order valence-electron chi connectivity index (χ1n) is 11.6. The number of methoxy groups -OCH3 is 1. The van der Waals surface area contributed by atoms with Crippen LogP contribution in [0.1, 0.15) is 35.7 Å². The van der Waals surface area contributed by atoms with E-state index in [2.05, 4.69) is 32.6 Å². The minimum atomic E-state index is -0.196. The molecule has 10 nitrogen and oxygen atoms in total. The predicted molar refractivity (Wildman–Crippen MR) is 126 cm³/mol. The van der Waals surface area contributed by atoms with Gasteiger partial charge in [0.2, 0.25) is 0 Å². The normalized spacial score (nSPS) is 22.2. The van der Waals surface area contributed by atoms with Crippen molar-refractivity contribution in [2.75, 3.05) is 32.7 Å². The molecule has 2 aromatic rings. The van der Waals surface area contributed by atoms with E-state index in [4.69, 9.17) is 19.4 Å². The second kappa shape index (κ2) is 8.37.